The molecule has 4 heteroatoms. The lowest BCUT2D eigenvalue weighted by molar-refractivity contribution is -0.112. The summed E-state index contributed by atoms with van der Waals surface area (Å²) in [6.07, 6.45) is 0. The summed E-state index contributed by atoms with van der Waals surface area (Å²) in [5, 5.41) is 2.30. The molecule has 1 N–H and O–H groups in total. The summed E-state index contributed by atoms with van der Waals surface area (Å²) in [4.78, 5) is 23.8. The van der Waals surface area contributed by atoms with Crippen LogP contribution in [0.3, 0.4) is 0 Å². The van der Waals surface area contributed by atoms with Crippen molar-refractivity contribution in [2.75, 3.05) is 5.32 Å². The van der Waals surface area contributed by atoms with Gasteiger partial charge in [0.1, 0.15) is 5.82 Å². The zero-order valence-corrected chi connectivity index (χ0v) is 11.2. The molecule has 0 fully saturated rings. The van der Waals surface area contributed by atoms with Gasteiger partial charge in [-0.1, -0.05) is 35.9 Å². The third-order valence-corrected chi connectivity index (χ3v) is 2.89. The van der Waals surface area contributed by atoms with E-state index in [-0.39, 0.29) is 11.3 Å². The van der Waals surface area contributed by atoms with Crippen LogP contribution < -0.4 is 5.32 Å². The fraction of sp³-hybridized carbons (Fsp3) is 0.125. The molecule has 0 spiro atoms. The van der Waals surface area contributed by atoms with E-state index in [1.807, 2.05) is 6.92 Å². The molecule has 0 radical (unpaired) electrons. The second kappa shape index (κ2) is 5.65. The number of anilines is 1. The third-order valence-electron chi connectivity index (χ3n) is 2.89. The first kappa shape index (κ1) is 13.9. The Labute approximate surface area is 116 Å². The van der Waals surface area contributed by atoms with Gasteiger partial charge in [-0.15, -0.1) is 0 Å². The molecule has 0 saturated heterocycles. The van der Waals surface area contributed by atoms with Crippen molar-refractivity contribution in [3.63, 3.8) is 0 Å². The van der Waals surface area contributed by atoms with Crippen molar-refractivity contribution in [1.29, 1.82) is 0 Å². The van der Waals surface area contributed by atoms with Crippen molar-refractivity contribution >= 4 is 17.4 Å². The molecule has 3 nitrogen and oxygen atoms in total. The Hall–Kier alpha value is -2.49. The summed E-state index contributed by atoms with van der Waals surface area (Å²) >= 11 is 0. The summed E-state index contributed by atoms with van der Waals surface area (Å²) in [5.74, 6) is -2.11. The minimum Gasteiger partial charge on any atom is -0.317 e. The molecule has 0 saturated carbocycles. The van der Waals surface area contributed by atoms with Crippen molar-refractivity contribution in [2.24, 2.45) is 0 Å². The number of amides is 1. The van der Waals surface area contributed by atoms with Crippen LogP contribution in [0.4, 0.5) is 10.1 Å². The first-order chi connectivity index (χ1) is 9.47. The largest absolute Gasteiger partial charge is 0.317 e. The molecular weight excluding hydrogens is 257 g/mol. The Morgan fingerprint density at radius 3 is 2.20 bits per heavy atom. The number of aryl methyl sites for hydroxylation is 2. The highest BCUT2D eigenvalue weighted by atomic mass is 19.1. The lowest BCUT2D eigenvalue weighted by atomic mass is 10.1. The first-order valence-corrected chi connectivity index (χ1v) is 6.16. The number of ketones is 1. The molecule has 20 heavy (non-hydrogen) atoms. The van der Waals surface area contributed by atoms with Crippen LogP contribution in [0.5, 0.6) is 0 Å². The minimum atomic E-state index is -0.849. The van der Waals surface area contributed by atoms with Gasteiger partial charge in [-0.2, -0.15) is 0 Å². The average Bonchev–Trinajstić information content (AvgIpc) is 2.43. The maximum atomic E-state index is 13.5. The molecule has 2 aromatic carbocycles. The summed E-state index contributed by atoms with van der Waals surface area (Å²) in [7, 11) is 0. The van der Waals surface area contributed by atoms with Gasteiger partial charge in [0.05, 0.1) is 5.69 Å². The van der Waals surface area contributed by atoms with E-state index in [0.717, 1.165) is 11.1 Å². The highest BCUT2D eigenvalue weighted by Crippen LogP contribution is 2.16. The van der Waals surface area contributed by atoms with Crippen LogP contribution in [0.15, 0.2) is 42.5 Å². The van der Waals surface area contributed by atoms with Gasteiger partial charge < -0.3 is 5.32 Å². The summed E-state index contributed by atoms with van der Waals surface area (Å²) in [6, 6.07) is 11.0. The smallest absolute Gasteiger partial charge is 0.296 e. The van der Waals surface area contributed by atoms with Crippen molar-refractivity contribution in [1.82, 2.24) is 0 Å². The van der Waals surface area contributed by atoms with E-state index in [4.69, 9.17) is 0 Å². The van der Waals surface area contributed by atoms with Crippen LogP contribution in [0.1, 0.15) is 21.5 Å². The number of halogens is 1. The molecule has 2 rings (SSSR count). The van der Waals surface area contributed by atoms with Crippen molar-refractivity contribution < 1.29 is 14.0 Å². The van der Waals surface area contributed by atoms with Crippen LogP contribution in [-0.2, 0) is 4.79 Å². The highest BCUT2D eigenvalue weighted by Gasteiger charge is 2.17. The predicted octanol–water partition coefficient (Wildman–Crippen LogP) is 3.26. The molecular formula is C16H14FNO2. The van der Waals surface area contributed by atoms with Gasteiger partial charge in [-0.25, -0.2) is 4.39 Å². The summed E-state index contributed by atoms with van der Waals surface area (Å²) in [5.41, 5.74) is 2.08. The molecule has 0 atom stereocenters. The summed E-state index contributed by atoms with van der Waals surface area (Å²) < 4.78 is 13.5. The Morgan fingerprint density at radius 2 is 1.55 bits per heavy atom. The van der Waals surface area contributed by atoms with Crippen LogP contribution >= 0.6 is 0 Å². The van der Waals surface area contributed by atoms with Crippen molar-refractivity contribution in [3.8, 4) is 0 Å². The monoisotopic (exact) mass is 271 g/mol. The number of rotatable bonds is 3. The fourth-order valence-electron chi connectivity index (χ4n) is 1.75. The van der Waals surface area contributed by atoms with E-state index >= 15 is 0 Å². The van der Waals surface area contributed by atoms with Gasteiger partial charge in [0.15, 0.2) is 0 Å². The van der Waals surface area contributed by atoms with Crippen LogP contribution in [0.25, 0.3) is 0 Å². The molecule has 0 aliphatic carbocycles. The fourth-order valence-corrected chi connectivity index (χ4v) is 1.75. The van der Waals surface area contributed by atoms with E-state index in [1.54, 1.807) is 37.3 Å². The predicted molar refractivity (Wildman–Crippen MR) is 75.3 cm³/mol. The normalized spacial score (nSPS) is 10.2. The molecule has 0 aliphatic heterocycles. The zero-order valence-electron chi connectivity index (χ0n) is 11.2. The highest BCUT2D eigenvalue weighted by molar-refractivity contribution is 6.46. The van der Waals surface area contributed by atoms with Gasteiger partial charge in [-0.3, -0.25) is 9.59 Å². The van der Waals surface area contributed by atoms with Gasteiger partial charge in [-0.05, 0) is 31.5 Å². The number of carbonyl (C=O) groups excluding carboxylic acids is 2. The second-order valence-electron chi connectivity index (χ2n) is 4.63. The maximum Gasteiger partial charge on any atom is 0.296 e. The minimum absolute atomic E-state index is 0.00969. The van der Waals surface area contributed by atoms with Gasteiger partial charge >= 0.3 is 0 Å². The Morgan fingerprint density at radius 1 is 0.950 bits per heavy atom. The van der Waals surface area contributed by atoms with Crippen LogP contribution in [-0.4, -0.2) is 11.7 Å². The average molecular weight is 271 g/mol. The van der Waals surface area contributed by atoms with Gasteiger partial charge in [0.2, 0.25) is 0 Å². The Balaban J connectivity index is 2.17. The first-order valence-electron chi connectivity index (χ1n) is 6.16. The van der Waals surface area contributed by atoms with E-state index < -0.39 is 17.5 Å². The molecule has 0 aliphatic rings. The Bertz CT molecular complexity index is 663. The summed E-state index contributed by atoms with van der Waals surface area (Å²) in [6.45, 7) is 3.66. The number of benzene rings is 2. The van der Waals surface area contributed by atoms with Crippen LogP contribution in [0, 0.1) is 19.7 Å². The topological polar surface area (TPSA) is 46.2 Å². The van der Waals surface area contributed by atoms with E-state index in [2.05, 4.69) is 5.32 Å². The van der Waals surface area contributed by atoms with E-state index in [0.29, 0.717) is 0 Å². The van der Waals surface area contributed by atoms with Crippen molar-refractivity contribution in [3.05, 3.63) is 65.0 Å². The second-order valence-corrected chi connectivity index (χ2v) is 4.63. The SMILES string of the molecule is Cc1ccc(C(=O)C(=O)Nc2cc(C)ccc2F)cc1. The van der Waals surface area contributed by atoms with Crippen LogP contribution in [0.2, 0.25) is 0 Å². The Kier molecular flexibility index (Phi) is 3.94. The lowest BCUT2D eigenvalue weighted by Crippen LogP contribution is -2.23. The van der Waals surface area contributed by atoms with E-state index in [9.17, 15) is 14.0 Å². The zero-order chi connectivity index (χ0) is 14.7. The molecule has 102 valence electrons. The number of Topliss-reactive ketones (excluding diaryl/α,β-unsaturated/α-hetero) is 1. The number of hydrogen-bond donors (Lipinski definition) is 1. The van der Waals surface area contributed by atoms with E-state index in [1.165, 1.54) is 12.1 Å². The quantitative estimate of drug-likeness (QED) is 0.688. The molecule has 2 aromatic rings. The number of nitrogens with one attached hydrogen (secondary N) is 1. The van der Waals surface area contributed by atoms with Gasteiger partial charge in [0, 0.05) is 5.56 Å². The van der Waals surface area contributed by atoms with Crippen molar-refractivity contribution in [2.45, 2.75) is 13.8 Å². The lowest BCUT2D eigenvalue weighted by Gasteiger charge is -2.07. The standard InChI is InChI=1S/C16H14FNO2/c1-10-3-6-12(7-4-10)15(19)16(20)18-14-9-11(2)5-8-13(14)17/h3-9H,1-2H3,(H,18,20). The molecule has 0 aromatic heterocycles. The number of carbonyl (C=O) groups is 2. The molecule has 0 heterocycles. The molecule has 0 unspecified atom stereocenters. The third kappa shape index (κ3) is 3.09. The maximum absolute atomic E-state index is 13.5. The molecule has 0 bridgehead atoms. The molecule has 1 amide bonds. The van der Waals surface area contributed by atoms with Gasteiger partial charge in [0.25, 0.3) is 11.7 Å². The number of hydrogen-bond acceptors (Lipinski definition) is 2.